The number of esters is 1. The molecule has 0 saturated carbocycles. The van der Waals surface area contributed by atoms with E-state index in [0.29, 0.717) is 22.9 Å². The lowest BCUT2D eigenvalue weighted by Crippen LogP contribution is -2.39. The van der Waals surface area contributed by atoms with Crippen LogP contribution in [0.4, 0.5) is 5.82 Å². The Hall–Kier alpha value is -2.37. The van der Waals surface area contributed by atoms with Crippen LogP contribution in [0.2, 0.25) is 0 Å². The van der Waals surface area contributed by atoms with E-state index >= 15 is 0 Å². The molecule has 0 bridgehead atoms. The average molecular weight is 291 g/mol. The van der Waals surface area contributed by atoms with Crippen LogP contribution in [0.25, 0.3) is 0 Å². The van der Waals surface area contributed by atoms with Crippen molar-refractivity contribution >= 4 is 18.1 Å². The van der Waals surface area contributed by atoms with E-state index in [1.54, 1.807) is 35.8 Å². The summed E-state index contributed by atoms with van der Waals surface area (Å²) in [5, 5.41) is 0. The van der Waals surface area contributed by atoms with Gasteiger partial charge in [0.15, 0.2) is 0 Å². The predicted molar refractivity (Wildman–Crippen MR) is 81.1 cm³/mol. The van der Waals surface area contributed by atoms with Crippen molar-refractivity contribution in [2.75, 3.05) is 26.1 Å². The number of hydrogen-bond acceptors (Lipinski definition) is 6. The number of methoxy groups -OCH3 is 1. The van der Waals surface area contributed by atoms with Gasteiger partial charge in [-0.25, -0.2) is 9.78 Å². The SMILES string of the molecule is C=C(N(C)C)N(c1ccc(C(=O)OC)c(C)n1)C(C)C=O. The highest BCUT2D eigenvalue weighted by Crippen LogP contribution is 2.22. The minimum absolute atomic E-state index is 0.399. The molecule has 1 rings (SSSR count). The Labute approximate surface area is 125 Å². The van der Waals surface area contributed by atoms with Crippen LogP contribution in [0.5, 0.6) is 0 Å². The van der Waals surface area contributed by atoms with Crippen LogP contribution in [-0.4, -0.2) is 49.4 Å². The Morgan fingerprint density at radius 1 is 1.43 bits per heavy atom. The van der Waals surface area contributed by atoms with Crippen LogP contribution >= 0.6 is 0 Å². The van der Waals surface area contributed by atoms with Crippen molar-refractivity contribution in [2.24, 2.45) is 0 Å². The Kier molecular flexibility index (Phi) is 5.46. The number of hydrogen-bond donors (Lipinski definition) is 0. The first-order chi connectivity index (χ1) is 9.83. The number of carbonyl (C=O) groups excluding carboxylic acids is 2. The van der Waals surface area contributed by atoms with Crippen LogP contribution < -0.4 is 4.90 Å². The molecule has 0 aliphatic heterocycles. The highest BCUT2D eigenvalue weighted by Gasteiger charge is 2.21. The van der Waals surface area contributed by atoms with Crippen LogP contribution in [0.1, 0.15) is 23.0 Å². The third kappa shape index (κ3) is 3.59. The van der Waals surface area contributed by atoms with Gasteiger partial charge in [0.05, 0.1) is 24.4 Å². The second kappa shape index (κ2) is 6.88. The average Bonchev–Trinajstić information content (AvgIpc) is 2.46. The van der Waals surface area contributed by atoms with E-state index in [1.165, 1.54) is 7.11 Å². The molecule has 6 nitrogen and oxygen atoms in total. The number of aldehydes is 1. The van der Waals surface area contributed by atoms with Crippen molar-refractivity contribution in [3.8, 4) is 0 Å². The van der Waals surface area contributed by atoms with Crippen molar-refractivity contribution in [3.63, 3.8) is 0 Å². The summed E-state index contributed by atoms with van der Waals surface area (Å²) in [4.78, 5) is 30.6. The van der Waals surface area contributed by atoms with E-state index in [9.17, 15) is 9.59 Å². The van der Waals surface area contributed by atoms with Crippen LogP contribution in [0.3, 0.4) is 0 Å². The molecule has 1 unspecified atom stereocenters. The molecule has 0 amide bonds. The first-order valence-corrected chi connectivity index (χ1v) is 6.50. The molecule has 6 heteroatoms. The van der Waals surface area contributed by atoms with Crippen molar-refractivity contribution < 1.29 is 14.3 Å². The van der Waals surface area contributed by atoms with E-state index in [0.717, 1.165) is 6.29 Å². The van der Waals surface area contributed by atoms with Crippen LogP contribution in [-0.2, 0) is 9.53 Å². The summed E-state index contributed by atoms with van der Waals surface area (Å²) in [7, 11) is 5.00. The summed E-state index contributed by atoms with van der Waals surface area (Å²) < 4.78 is 4.70. The molecule has 21 heavy (non-hydrogen) atoms. The number of nitrogens with zero attached hydrogens (tertiary/aromatic N) is 3. The van der Waals surface area contributed by atoms with Crippen molar-refractivity contribution in [3.05, 3.63) is 35.8 Å². The number of ether oxygens (including phenoxy) is 1. The number of aromatic nitrogens is 1. The molecule has 114 valence electrons. The summed E-state index contributed by atoms with van der Waals surface area (Å²) in [5.74, 6) is 0.749. The normalized spacial score (nSPS) is 11.5. The van der Waals surface area contributed by atoms with E-state index in [2.05, 4.69) is 11.6 Å². The highest BCUT2D eigenvalue weighted by molar-refractivity contribution is 5.90. The molecule has 0 saturated heterocycles. The van der Waals surface area contributed by atoms with Crippen LogP contribution in [0.15, 0.2) is 24.5 Å². The second-order valence-electron chi connectivity index (χ2n) is 4.85. The Morgan fingerprint density at radius 3 is 2.48 bits per heavy atom. The largest absolute Gasteiger partial charge is 0.465 e. The Balaban J connectivity index is 3.27. The van der Waals surface area contributed by atoms with Gasteiger partial charge in [0.2, 0.25) is 0 Å². The molecule has 0 fully saturated rings. The van der Waals surface area contributed by atoms with E-state index in [-0.39, 0.29) is 0 Å². The Bertz CT molecular complexity index is 555. The number of anilines is 1. The fourth-order valence-electron chi connectivity index (χ4n) is 1.86. The van der Waals surface area contributed by atoms with Gasteiger partial charge < -0.3 is 19.3 Å². The molecule has 1 aromatic heterocycles. The van der Waals surface area contributed by atoms with E-state index in [1.807, 2.05) is 14.1 Å². The zero-order valence-electron chi connectivity index (χ0n) is 13.1. The van der Waals surface area contributed by atoms with Crippen molar-refractivity contribution in [1.29, 1.82) is 0 Å². The lowest BCUT2D eigenvalue weighted by molar-refractivity contribution is -0.108. The van der Waals surface area contributed by atoms with Gasteiger partial charge in [-0.05, 0) is 26.0 Å². The third-order valence-electron chi connectivity index (χ3n) is 3.12. The monoisotopic (exact) mass is 291 g/mol. The van der Waals surface area contributed by atoms with Gasteiger partial charge in [-0.1, -0.05) is 6.58 Å². The smallest absolute Gasteiger partial charge is 0.339 e. The third-order valence-corrected chi connectivity index (χ3v) is 3.12. The molecule has 1 atom stereocenters. The zero-order valence-corrected chi connectivity index (χ0v) is 13.1. The fraction of sp³-hybridized carbons (Fsp3) is 0.400. The molecule has 0 radical (unpaired) electrons. The van der Waals surface area contributed by atoms with E-state index < -0.39 is 12.0 Å². The van der Waals surface area contributed by atoms with Gasteiger partial charge >= 0.3 is 5.97 Å². The quantitative estimate of drug-likeness (QED) is 0.586. The number of rotatable bonds is 6. The maximum Gasteiger partial charge on any atom is 0.339 e. The lowest BCUT2D eigenvalue weighted by atomic mass is 10.2. The lowest BCUT2D eigenvalue weighted by Gasteiger charge is -2.32. The number of aryl methyl sites for hydroxylation is 1. The molecule has 1 aromatic rings. The summed E-state index contributed by atoms with van der Waals surface area (Å²) >= 11 is 0. The van der Waals surface area contributed by atoms with Gasteiger partial charge in [0.1, 0.15) is 17.9 Å². The first-order valence-electron chi connectivity index (χ1n) is 6.50. The van der Waals surface area contributed by atoms with Gasteiger partial charge in [-0.3, -0.25) is 0 Å². The molecular weight excluding hydrogens is 270 g/mol. The van der Waals surface area contributed by atoms with Crippen LogP contribution in [0, 0.1) is 6.92 Å². The number of pyridine rings is 1. The first kappa shape index (κ1) is 16.7. The molecule has 0 aromatic carbocycles. The molecule has 0 aliphatic carbocycles. The van der Waals surface area contributed by atoms with Gasteiger partial charge in [0, 0.05) is 14.1 Å². The van der Waals surface area contributed by atoms with Gasteiger partial charge in [-0.15, -0.1) is 0 Å². The Morgan fingerprint density at radius 2 is 2.05 bits per heavy atom. The van der Waals surface area contributed by atoms with E-state index in [4.69, 9.17) is 4.74 Å². The number of carbonyl (C=O) groups is 2. The minimum Gasteiger partial charge on any atom is -0.465 e. The molecule has 0 aliphatic rings. The fourth-order valence-corrected chi connectivity index (χ4v) is 1.86. The highest BCUT2D eigenvalue weighted by atomic mass is 16.5. The minimum atomic E-state index is -0.437. The molecule has 0 spiro atoms. The molecular formula is C15H21N3O3. The van der Waals surface area contributed by atoms with Crippen molar-refractivity contribution in [2.45, 2.75) is 19.9 Å². The van der Waals surface area contributed by atoms with Gasteiger partial charge in [0.25, 0.3) is 0 Å². The maximum absolute atomic E-state index is 11.6. The summed E-state index contributed by atoms with van der Waals surface area (Å²) in [6.07, 6.45) is 0.819. The summed E-state index contributed by atoms with van der Waals surface area (Å²) in [6, 6.07) is 2.89. The van der Waals surface area contributed by atoms with Gasteiger partial charge in [-0.2, -0.15) is 0 Å². The summed E-state index contributed by atoms with van der Waals surface area (Å²) in [5.41, 5.74) is 0.935. The molecule has 1 heterocycles. The second-order valence-corrected chi connectivity index (χ2v) is 4.85. The summed E-state index contributed by atoms with van der Waals surface area (Å²) in [6.45, 7) is 7.44. The van der Waals surface area contributed by atoms with Crippen molar-refractivity contribution in [1.82, 2.24) is 9.88 Å². The topological polar surface area (TPSA) is 62.7 Å². The maximum atomic E-state index is 11.6. The predicted octanol–water partition coefficient (Wildman–Crippen LogP) is 1.60. The zero-order chi connectivity index (χ0) is 16.2. The standard InChI is InChI=1S/C15H21N3O3/c1-10(9-19)18(12(3)17(4)5)14-8-7-13(11(2)16-14)15(20)21-6/h7-10H,3H2,1-2,4-6H3. The molecule has 0 N–H and O–H groups in total.